The third-order valence-corrected chi connectivity index (χ3v) is 15.9. The van der Waals surface area contributed by atoms with Gasteiger partial charge in [-0.25, -0.2) is 12.7 Å². The largest absolute Gasteiger partial charge is 0.274 e. The van der Waals surface area contributed by atoms with E-state index in [0.717, 1.165) is 24.8 Å². The molecular formula is C28H37NO3SSi. The molecule has 3 fully saturated rings. The Hall–Kier alpha value is -1.92. The first-order valence-electron chi connectivity index (χ1n) is 12.6. The summed E-state index contributed by atoms with van der Waals surface area (Å²) in [5, 5.41) is 1.29. The van der Waals surface area contributed by atoms with Gasteiger partial charge in [-0.2, -0.15) is 0 Å². The summed E-state index contributed by atoms with van der Waals surface area (Å²) in [7, 11) is -5.76. The molecule has 1 aliphatic heterocycles. The number of benzene rings is 2. The standard InChI is InChI=1S/C28H37NO3SSi/c1-20-11-13-21(14-12-20)24(34(4,5)23-9-7-6-8-10-23)18-26(30)29-25-17-22-15-16-28(25,27(22,2)3)19-33(29,31)32/h6-14,22,24-25H,15-19H2,1-5H3/t22-,24-,25-,28-/m1/s1. The molecule has 0 N–H and O–H groups in total. The number of fused-ring (bicyclic) bond motifs is 1. The summed E-state index contributed by atoms with van der Waals surface area (Å²) < 4.78 is 28.3. The molecular weight excluding hydrogens is 458 g/mol. The lowest BCUT2D eigenvalue weighted by molar-refractivity contribution is -0.129. The molecule has 0 radical (unpaired) electrons. The van der Waals surface area contributed by atoms with Crippen LogP contribution in [0.15, 0.2) is 54.6 Å². The molecule has 0 unspecified atom stereocenters. The summed E-state index contributed by atoms with van der Waals surface area (Å²) in [6.07, 6.45) is 3.08. The highest BCUT2D eigenvalue weighted by molar-refractivity contribution is 7.90. The van der Waals surface area contributed by atoms with Crippen molar-refractivity contribution in [3.8, 4) is 0 Å². The molecule has 3 aliphatic rings. The Morgan fingerprint density at radius 3 is 2.35 bits per heavy atom. The van der Waals surface area contributed by atoms with Crippen molar-refractivity contribution in [2.45, 2.75) is 71.1 Å². The number of carbonyl (C=O) groups excluding carboxylic acids is 1. The Morgan fingerprint density at radius 2 is 1.74 bits per heavy atom. The van der Waals surface area contributed by atoms with E-state index in [2.05, 4.69) is 82.4 Å². The van der Waals surface area contributed by atoms with Crippen LogP contribution in [0.25, 0.3) is 0 Å². The van der Waals surface area contributed by atoms with Crippen LogP contribution in [-0.2, 0) is 14.8 Å². The van der Waals surface area contributed by atoms with Crippen molar-refractivity contribution in [3.63, 3.8) is 0 Å². The fourth-order valence-electron chi connectivity index (χ4n) is 7.54. The Kier molecular flexibility index (Phi) is 5.45. The van der Waals surface area contributed by atoms with Gasteiger partial charge in [-0.3, -0.25) is 4.79 Å². The number of rotatable bonds is 5. The van der Waals surface area contributed by atoms with Crippen LogP contribution in [0.3, 0.4) is 0 Å². The van der Waals surface area contributed by atoms with Crippen LogP contribution in [0.1, 0.15) is 56.2 Å². The van der Waals surface area contributed by atoms with Gasteiger partial charge in [-0.1, -0.05) is 92.3 Å². The van der Waals surface area contributed by atoms with Crippen LogP contribution in [0.5, 0.6) is 0 Å². The highest BCUT2D eigenvalue weighted by Gasteiger charge is 2.72. The topological polar surface area (TPSA) is 54.5 Å². The lowest BCUT2D eigenvalue weighted by Gasteiger charge is -2.38. The lowest BCUT2D eigenvalue weighted by atomic mass is 9.69. The third-order valence-electron chi connectivity index (χ3n) is 9.90. The zero-order valence-corrected chi connectivity index (χ0v) is 22.9. The van der Waals surface area contributed by atoms with Gasteiger partial charge >= 0.3 is 0 Å². The number of nitrogens with zero attached hydrogens (tertiary/aromatic N) is 1. The molecule has 1 heterocycles. The zero-order valence-electron chi connectivity index (χ0n) is 21.0. The molecule has 2 bridgehead atoms. The Labute approximate surface area is 205 Å². The first kappa shape index (κ1) is 23.8. The van der Waals surface area contributed by atoms with Crippen molar-refractivity contribution in [1.29, 1.82) is 0 Å². The Morgan fingerprint density at radius 1 is 1.09 bits per heavy atom. The molecule has 6 heteroatoms. The van der Waals surface area contributed by atoms with Gasteiger partial charge in [0.05, 0.1) is 19.9 Å². The molecule has 1 amide bonds. The summed E-state index contributed by atoms with van der Waals surface area (Å²) in [5.74, 6) is 0.438. The number of hydrogen-bond acceptors (Lipinski definition) is 3. The second-order valence-corrected chi connectivity index (χ2v) is 18.6. The number of carbonyl (C=O) groups is 1. The van der Waals surface area contributed by atoms with E-state index < -0.39 is 18.1 Å². The summed E-state index contributed by atoms with van der Waals surface area (Å²) in [6.45, 7) is 11.1. The van der Waals surface area contributed by atoms with Gasteiger partial charge in [0.15, 0.2) is 0 Å². The van der Waals surface area contributed by atoms with Gasteiger partial charge in [0.25, 0.3) is 0 Å². The van der Waals surface area contributed by atoms with E-state index >= 15 is 0 Å². The van der Waals surface area contributed by atoms with Crippen molar-refractivity contribution in [3.05, 3.63) is 65.7 Å². The molecule has 1 spiro atoms. The minimum Gasteiger partial charge on any atom is -0.274 e. The zero-order chi connectivity index (χ0) is 24.5. The van der Waals surface area contributed by atoms with Gasteiger partial charge < -0.3 is 0 Å². The van der Waals surface area contributed by atoms with Gasteiger partial charge in [0.1, 0.15) is 0 Å². The molecule has 4 atom stereocenters. The number of hydrogen-bond donors (Lipinski definition) is 0. The Balaban J connectivity index is 1.52. The van der Waals surface area contributed by atoms with E-state index in [1.165, 1.54) is 15.1 Å². The second kappa shape index (κ2) is 7.79. The van der Waals surface area contributed by atoms with Gasteiger partial charge in [0, 0.05) is 11.8 Å². The maximum atomic E-state index is 14.0. The lowest BCUT2D eigenvalue weighted by Crippen LogP contribution is -2.50. The predicted molar refractivity (Wildman–Crippen MR) is 140 cm³/mol. The molecule has 2 aromatic carbocycles. The maximum Gasteiger partial charge on any atom is 0.238 e. The normalized spacial score (nSPS) is 29.7. The van der Waals surface area contributed by atoms with E-state index in [1.807, 2.05) is 6.07 Å². The maximum absolute atomic E-state index is 14.0. The molecule has 182 valence electrons. The van der Waals surface area contributed by atoms with Gasteiger partial charge in [-0.05, 0) is 48.6 Å². The van der Waals surface area contributed by atoms with Crippen LogP contribution in [0.2, 0.25) is 13.1 Å². The molecule has 34 heavy (non-hydrogen) atoms. The molecule has 2 aromatic rings. The van der Waals surface area contributed by atoms with E-state index in [1.54, 1.807) is 0 Å². The van der Waals surface area contributed by atoms with Crippen LogP contribution < -0.4 is 5.19 Å². The summed E-state index contributed by atoms with van der Waals surface area (Å²) in [6, 6.07) is 18.8. The van der Waals surface area contributed by atoms with Crippen molar-refractivity contribution in [2.75, 3.05) is 5.75 Å². The fourth-order valence-corrected chi connectivity index (χ4v) is 13.3. The highest BCUT2D eigenvalue weighted by atomic mass is 32.2. The third kappa shape index (κ3) is 3.35. The molecule has 5 rings (SSSR count). The van der Waals surface area contributed by atoms with Gasteiger partial charge in [-0.15, -0.1) is 0 Å². The van der Waals surface area contributed by atoms with Crippen LogP contribution >= 0.6 is 0 Å². The second-order valence-electron chi connectivity index (χ2n) is 12.1. The summed E-state index contributed by atoms with van der Waals surface area (Å²) >= 11 is 0. The molecule has 4 nitrogen and oxygen atoms in total. The van der Waals surface area contributed by atoms with Crippen molar-refractivity contribution >= 4 is 29.2 Å². The first-order valence-corrected chi connectivity index (χ1v) is 17.3. The molecule has 0 aromatic heterocycles. The SMILES string of the molecule is Cc1ccc([C@@H](CC(=O)N2[C@@H]3C[C@H]4CC[C@]3(CS2(=O)=O)C4(C)C)[Si](C)(C)c2ccccc2)cc1. The van der Waals surface area contributed by atoms with Crippen LogP contribution in [0.4, 0.5) is 0 Å². The number of aryl methyl sites for hydroxylation is 1. The number of sulfonamides is 1. The molecule has 2 saturated carbocycles. The predicted octanol–water partition coefficient (Wildman–Crippen LogP) is 4.99. The van der Waals surface area contributed by atoms with Crippen molar-refractivity contribution in [1.82, 2.24) is 4.31 Å². The van der Waals surface area contributed by atoms with Crippen molar-refractivity contribution in [2.24, 2.45) is 16.7 Å². The summed E-state index contributed by atoms with van der Waals surface area (Å²) in [5.41, 5.74) is 2.01. The fraction of sp³-hybridized carbons (Fsp3) is 0.536. The quantitative estimate of drug-likeness (QED) is 0.549. The van der Waals surface area contributed by atoms with Gasteiger partial charge in [0.2, 0.25) is 15.9 Å². The first-order chi connectivity index (χ1) is 15.9. The molecule has 2 aliphatic carbocycles. The smallest absolute Gasteiger partial charge is 0.238 e. The van der Waals surface area contributed by atoms with Crippen LogP contribution in [-0.4, -0.2) is 38.5 Å². The highest BCUT2D eigenvalue weighted by Crippen LogP contribution is 2.70. The minimum absolute atomic E-state index is 0.00125. The average Bonchev–Trinajstić information content (AvgIpc) is 3.26. The monoisotopic (exact) mass is 495 g/mol. The van der Waals surface area contributed by atoms with E-state index in [0.29, 0.717) is 5.92 Å². The summed E-state index contributed by atoms with van der Waals surface area (Å²) in [4.78, 5) is 14.0. The van der Waals surface area contributed by atoms with Crippen molar-refractivity contribution < 1.29 is 13.2 Å². The van der Waals surface area contributed by atoms with E-state index in [4.69, 9.17) is 0 Å². The minimum atomic E-state index is -3.61. The Bertz CT molecular complexity index is 1210. The van der Waals surface area contributed by atoms with E-state index in [-0.39, 0.29) is 40.5 Å². The number of amides is 1. The van der Waals surface area contributed by atoms with Crippen LogP contribution in [0, 0.1) is 23.7 Å². The molecule has 1 saturated heterocycles. The average molecular weight is 496 g/mol. The van der Waals surface area contributed by atoms with E-state index in [9.17, 15) is 13.2 Å².